The Morgan fingerprint density at radius 3 is 2.03 bits per heavy atom. The van der Waals surface area contributed by atoms with Crippen LogP contribution in [0.4, 0.5) is 0 Å². The predicted octanol–water partition coefficient (Wildman–Crippen LogP) is 1.12. The minimum atomic E-state index is -1.84. The quantitative estimate of drug-likeness (QED) is 0.377. The number of ketones is 1. The van der Waals surface area contributed by atoms with Crippen molar-refractivity contribution >= 4 is 17.6 Å². The van der Waals surface area contributed by atoms with Crippen molar-refractivity contribution in [3.05, 3.63) is 70.8 Å². The molecule has 0 unspecified atom stereocenters. The van der Waals surface area contributed by atoms with E-state index in [-0.39, 0.29) is 18.3 Å². The van der Waals surface area contributed by atoms with Gasteiger partial charge in [0.15, 0.2) is 11.3 Å². The second-order valence-corrected chi connectivity index (χ2v) is 7.93. The zero-order valence-corrected chi connectivity index (χ0v) is 19.8. The van der Waals surface area contributed by atoms with Gasteiger partial charge in [0.25, 0.3) is 11.8 Å². The van der Waals surface area contributed by atoms with Gasteiger partial charge in [-0.25, -0.2) is 0 Å². The summed E-state index contributed by atoms with van der Waals surface area (Å²) in [5.41, 5.74) is 0.898. The molecule has 180 valence electrons. The summed E-state index contributed by atoms with van der Waals surface area (Å²) < 4.78 is 5.48. The molecule has 2 atom stereocenters. The first-order valence-corrected chi connectivity index (χ1v) is 10.7. The maximum atomic E-state index is 12.9. The summed E-state index contributed by atoms with van der Waals surface area (Å²) in [4.78, 5) is 38.5. The highest BCUT2D eigenvalue weighted by molar-refractivity contribution is 6.14. The van der Waals surface area contributed by atoms with Gasteiger partial charge in [-0.05, 0) is 55.8 Å². The van der Waals surface area contributed by atoms with Crippen molar-refractivity contribution in [1.82, 2.24) is 10.2 Å². The maximum Gasteiger partial charge on any atom is 0.254 e. The van der Waals surface area contributed by atoms with Crippen molar-refractivity contribution in [2.45, 2.75) is 32.1 Å². The lowest BCUT2D eigenvalue weighted by Gasteiger charge is -2.35. The standard InChI is InChI=1S/C26H30N2O6/c1-18(15-29)34-17-21-9-7-19(8-10-21)5-6-20-11-13-22(14-12-20)24(32)28(4)26(2,23(31)16-30)25(33)27-3/h7-14,18,29-30H,15-17H2,1-4H3,(H,27,33)/t18-,26-/m1/s1. The maximum absolute atomic E-state index is 12.9. The number of hydrogen-bond donors (Lipinski definition) is 3. The van der Waals surface area contributed by atoms with E-state index in [0.29, 0.717) is 12.2 Å². The van der Waals surface area contributed by atoms with Crippen LogP contribution in [0.3, 0.4) is 0 Å². The van der Waals surface area contributed by atoms with Gasteiger partial charge in [-0.1, -0.05) is 24.0 Å². The van der Waals surface area contributed by atoms with Gasteiger partial charge < -0.3 is 25.2 Å². The predicted molar refractivity (Wildman–Crippen MR) is 127 cm³/mol. The van der Waals surface area contributed by atoms with E-state index in [4.69, 9.17) is 9.84 Å². The number of carbonyl (C=O) groups is 3. The molecule has 0 bridgehead atoms. The summed E-state index contributed by atoms with van der Waals surface area (Å²) in [6, 6.07) is 14.1. The Labute approximate surface area is 199 Å². The van der Waals surface area contributed by atoms with Gasteiger partial charge in [0.05, 0.1) is 19.3 Å². The number of likely N-dealkylation sites (N-methyl/N-ethyl adjacent to an activating group) is 2. The number of nitrogens with zero attached hydrogens (tertiary/aromatic N) is 1. The molecule has 8 nitrogen and oxygen atoms in total. The normalized spacial score (nSPS) is 13.1. The molecule has 0 fully saturated rings. The van der Waals surface area contributed by atoms with Crippen molar-refractivity contribution in [1.29, 1.82) is 0 Å². The van der Waals surface area contributed by atoms with Crippen LogP contribution in [0.25, 0.3) is 0 Å². The Morgan fingerprint density at radius 2 is 1.56 bits per heavy atom. The van der Waals surface area contributed by atoms with Crippen LogP contribution in [0, 0.1) is 11.8 Å². The third-order valence-electron chi connectivity index (χ3n) is 5.56. The molecule has 0 heterocycles. The molecule has 8 heteroatoms. The number of aliphatic hydroxyl groups is 2. The average Bonchev–Trinajstić information content (AvgIpc) is 2.88. The number of hydrogen-bond acceptors (Lipinski definition) is 6. The zero-order valence-electron chi connectivity index (χ0n) is 19.8. The van der Waals surface area contributed by atoms with Gasteiger partial charge in [0, 0.05) is 30.8 Å². The van der Waals surface area contributed by atoms with Crippen molar-refractivity contribution in [2.24, 2.45) is 0 Å². The monoisotopic (exact) mass is 466 g/mol. The lowest BCUT2D eigenvalue weighted by atomic mass is 9.92. The van der Waals surface area contributed by atoms with Crippen molar-refractivity contribution in [3.8, 4) is 11.8 Å². The fraction of sp³-hybridized carbons (Fsp3) is 0.346. The first kappa shape index (κ1) is 26.7. The number of aliphatic hydroxyl groups excluding tert-OH is 2. The number of benzene rings is 2. The number of Topliss-reactive ketones (excluding diaryl/α,β-unsaturated/α-hetero) is 1. The lowest BCUT2D eigenvalue weighted by molar-refractivity contribution is -0.143. The topological polar surface area (TPSA) is 116 Å². The molecule has 2 aromatic rings. The van der Waals surface area contributed by atoms with E-state index in [2.05, 4.69) is 17.2 Å². The fourth-order valence-electron chi connectivity index (χ4n) is 3.08. The van der Waals surface area contributed by atoms with Crippen LogP contribution in [0.1, 0.15) is 40.9 Å². The summed E-state index contributed by atoms with van der Waals surface area (Å²) in [7, 11) is 2.70. The van der Waals surface area contributed by atoms with E-state index in [1.54, 1.807) is 31.2 Å². The molecule has 0 saturated heterocycles. The summed E-state index contributed by atoms with van der Waals surface area (Å²) >= 11 is 0. The van der Waals surface area contributed by atoms with E-state index in [9.17, 15) is 19.5 Å². The molecule has 0 aliphatic carbocycles. The summed E-state index contributed by atoms with van der Waals surface area (Å²) in [6.07, 6.45) is -0.221. The third-order valence-corrected chi connectivity index (χ3v) is 5.56. The van der Waals surface area contributed by atoms with Crippen LogP contribution in [0.5, 0.6) is 0 Å². The average molecular weight is 467 g/mol. The second kappa shape index (κ2) is 12.1. The van der Waals surface area contributed by atoms with Crippen molar-refractivity contribution < 1.29 is 29.3 Å². The highest BCUT2D eigenvalue weighted by Gasteiger charge is 2.46. The highest BCUT2D eigenvalue weighted by Crippen LogP contribution is 2.19. The highest BCUT2D eigenvalue weighted by atomic mass is 16.5. The van der Waals surface area contributed by atoms with E-state index in [1.165, 1.54) is 21.0 Å². The molecule has 0 aliphatic rings. The Hall–Kier alpha value is -3.51. The van der Waals surface area contributed by atoms with Crippen LogP contribution in [0.2, 0.25) is 0 Å². The fourth-order valence-corrected chi connectivity index (χ4v) is 3.08. The smallest absolute Gasteiger partial charge is 0.254 e. The minimum absolute atomic E-state index is 0.0294. The molecule has 34 heavy (non-hydrogen) atoms. The Kier molecular flexibility index (Phi) is 9.51. The van der Waals surface area contributed by atoms with E-state index < -0.39 is 29.7 Å². The molecule has 0 saturated carbocycles. The SMILES string of the molecule is CNC(=O)[C@@](C)(C(=O)CO)N(C)C(=O)c1ccc(C#Cc2ccc(CO[C@H](C)CO)cc2)cc1. The summed E-state index contributed by atoms with van der Waals surface area (Å²) in [6.45, 7) is 2.60. The van der Waals surface area contributed by atoms with Gasteiger partial charge in [0.2, 0.25) is 0 Å². The molecule has 2 rings (SSSR count). The molecule has 2 aromatic carbocycles. The Balaban J connectivity index is 2.12. The molecule has 3 N–H and O–H groups in total. The molecule has 0 aliphatic heterocycles. The van der Waals surface area contributed by atoms with E-state index in [0.717, 1.165) is 16.0 Å². The van der Waals surface area contributed by atoms with E-state index in [1.807, 2.05) is 24.3 Å². The van der Waals surface area contributed by atoms with Gasteiger partial charge in [-0.15, -0.1) is 0 Å². The minimum Gasteiger partial charge on any atom is -0.394 e. The van der Waals surface area contributed by atoms with Gasteiger partial charge in [0.1, 0.15) is 6.61 Å². The van der Waals surface area contributed by atoms with Crippen LogP contribution in [-0.2, 0) is 20.9 Å². The first-order valence-electron chi connectivity index (χ1n) is 10.7. The number of ether oxygens (including phenoxy) is 1. The number of rotatable bonds is 9. The largest absolute Gasteiger partial charge is 0.394 e. The molecule has 0 radical (unpaired) electrons. The molecule has 2 amide bonds. The summed E-state index contributed by atoms with van der Waals surface area (Å²) in [5, 5.41) is 20.7. The number of nitrogens with one attached hydrogen (secondary N) is 1. The van der Waals surface area contributed by atoms with Gasteiger partial charge in [-0.2, -0.15) is 0 Å². The molecular weight excluding hydrogens is 436 g/mol. The number of carbonyl (C=O) groups excluding carboxylic acids is 3. The van der Waals surface area contributed by atoms with Crippen LogP contribution in [-0.4, -0.2) is 71.7 Å². The number of amides is 2. The van der Waals surface area contributed by atoms with E-state index >= 15 is 0 Å². The van der Waals surface area contributed by atoms with Crippen molar-refractivity contribution in [2.75, 3.05) is 27.3 Å². The van der Waals surface area contributed by atoms with Gasteiger partial charge >= 0.3 is 0 Å². The third kappa shape index (κ3) is 6.29. The van der Waals surface area contributed by atoms with Crippen molar-refractivity contribution in [3.63, 3.8) is 0 Å². The second-order valence-electron chi connectivity index (χ2n) is 7.93. The molecular formula is C26H30N2O6. The molecule has 0 aromatic heterocycles. The Morgan fingerprint density at radius 1 is 1.03 bits per heavy atom. The molecule has 0 spiro atoms. The zero-order chi connectivity index (χ0) is 25.3. The Bertz CT molecular complexity index is 1050. The van der Waals surface area contributed by atoms with Crippen LogP contribution in [0.15, 0.2) is 48.5 Å². The first-order chi connectivity index (χ1) is 16.2. The van der Waals surface area contributed by atoms with Crippen LogP contribution < -0.4 is 5.32 Å². The summed E-state index contributed by atoms with van der Waals surface area (Å²) in [5.74, 6) is 4.07. The lowest BCUT2D eigenvalue weighted by Crippen LogP contribution is -2.62. The van der Waals surface area contributed by atoms with Gasteiger partial charge in [-0.3, -0.25) is 14.4 Å². The van der Waals surface area contributed by atoms with Crippen LogP contribution >= 0.6 is 0 Å².